The van der Waals surface area contributed by atoms with Gasteiger partial charge in [-0.3, -0.25) is 4.31 Å². The van der Waals surface area contributed by atoms with Crippen molar-refractivity contribution in [3.05, 3.63) is 59.9 Å². The molecule has 0 saturated heterocycles. The molecule has 0 unspecified atom stereocenters. The van der Waals surface area contributed by atoms with Gasteiger partial charge in [0.15, 0.2) is 0 Å². The summed E-state index contributed by atoms with van der Waals surface area (Å²) < 4.78 is 80.0. The summed E-state index contributed by atoms with van der Waals surface area (Å²) in [5, 5.41) is 9.93. The Morgan fingerprint density at radius 1 is 1.06 bits per heavy atom. The van der Waals surface area contributed by atoms with Crippen LogP contribution in [0.5, 0.6) is 0 Å². The molecule has 1 aromatic heterocycles. The molecule has 0 spiro atoms. The summed E-state index contributed by atoms with van der Waals surface area (Å²) in [5.74, 6) is -2.67. The van der Waals surface area contributed by atoms with Crippen LogP contribution in [0.2, 0.25) is 0 Å². The lowest BCUT2D eigenvalue weighted by atomic mass is 10.2. The van der Waals surface area contributed by atoms with Crippen LogP contribution in [0.4, 0.5) is 22.6 Å². The summed E-state index contributed by atoms with van der Waals surface area (Å²) in [6.07, 6.45) is -5.81. The number of carboxylic acid groups (broad SMARTS) is 1. The molecule has 5 nitrogen and oxygen atoms in total. The Labute approximate surface area is 179 Å². The first kappa shape index (κ1) is 23.0. The Kier molecular flexibility index (Phi) is 6.56. The van der Waals surface area contributed by atoms with Crippen LogP contribution in [0.25, 0.3) is 10.1 Å². The lowest BCUT2D eigenvalue weighted by molar-refractivity contribution is -0.135. The molecule has 166 valence electrons. The largest absolute Gasteiger partial charge is 0.478 e. The smallest absolute Gasteiger partial charge is 0.389 e. The van der Waals surface area contributed by atoms with E-state index in [1.54, 1.807) is 30.3 Å². The first-order chi connectivity index (χ1) is 14.5. The normalized spacial score (nSPS) is 12.3. The number of nitrogens with zero attached hydrogens (tertiary/aromatic N) is 1. The molecule has 3 aromatic rings. The first-order valence-electron chi connectivity index (χ1n) is 9.10. The molecular weight excluding hydrogens is 458 g/mol. The monoisotopic (exact) mass is 475 g/mol. The Hall–Kier alpha value is -2.66. The molecular formula is C20H17F4NO4S2. The third-order valence-corrected chi connectivity index (χ3v) is 7.58. The molecule has 0 amide bonds. The standard InChI is InChI=1S/C20H17F4NO4S2/c21-15-11-14(19(26)27)7-8-17(15)31(28,29)25(10-4-3-9-20(22,23)24)18-12-13-5-1-2-6-16(13)30-18/h1-2,5-8,11-12H,3-4,9-10H2,(H,26,27). The Morgan fingerprint density at radius 2 is 1.77 bits per heavy atom. The van der Waals surface area contributed by atoms with Crippen molar-refractivity contribution in [1.82, 2.24) is 0 Å². The number of anilines is 1. The second-order valence-electron chi connectivity index (χ2n) is 6.72. The molecule has 0 aliphatic rings. The number of rotatable bonds is 8. The van der Waals surface area contributed by atoms with Crippen LogP contribution >= 0.6 is 11.3 Å². The van der Waals surface area contributed by atoms with Gasteiger partial charge in [0.05, 0.1) is 5.56 Å². The zero-order valence-corrected chi connectivity index (χ0v) is 17.5. The summed E-state index contributed by atoms with van der Waals surface area (Å²) in [7, 11) is -4.50. The van der Waals surface area contributed by atoms with E-state index < -0.39 is 44.9 Å². The average Bonchev–Trinajstić information content (AvgIpc) is 3.09. The first-order valence-corrected chi connectivity index (χ1v) is 11.4. The minimum Gasteiger partial charge on any atom is -0.478 e. The predicted molar refractivity (Wildman–Crippen MR) is 110 cm³/mol. The molecule has 0 aliphatic carbocycles. The molecule has 0 atom stereocenters. The number of carboxylic acids is 1. The molecule has 1 N–H and O–H groups in total. The maximum Gasteiger partial charge on any atom is 0.389 e. The highest BCUT2D eigenvalue weighted by molar-refractivity contribution is 7.93. The van der Waals surface area contributed by atoms with E-state index >= 15 is 0 Å². The highest BCUT2D eigenvalue weighted by Crippen LogP contribution is 2.36. The second-order valence-corrected chi connectivity index (χ2v) is 9.62. The van der Waals surface area contributed by atoms with E-state index in [0.29, 0.717) is 6.07 Å². The third-order valence-electron chi connectivity index (χ3n) is 4.48. The zero-order valence-electron chi connectivity index (χ0n) is 15.9. The minimum atomic E-state index is -4.50. The highest BCUT2D eigenvalue weighted by atomic mass is 32.2. The summed E-state index contributed by atoms with van der Waals surface area (Å²) in [6.45, 7) is -0.286. The minimum absolute atomic E-state index is 0.0954. The van der Waals surface area contributed by atoms with Crippen molar-refractivity contribution in [3.8, 4) is 0 Å². The second kappa shape index (κ2) is 8.83. The van der Waals surface area contributed by atoms with Crippen LogP contribution in [-0.4, -0.2) is 32.2 Å². The van der Waals surface area contributed by atoms with E-state index in [0.717, 1.165) is 37.9 Å². The SMILES string of the molecule is O=C(O)c1ccc(S(=O)(=O)N(CCCCC(F)(F)F)c2cc3ccccc3s2)c(F)c1. The number of alkyl halides is 3. The molecule has 2 aromatic carbocycles. The van der Waals surface area contributed by atoms with Crippen LogP contribution in [0.15, 0.2) is 53.4 Å². The number of halogens is 4. The molecule has 11 heteroatoms. The van der Waals surface area contributed by atoms with E-state index in [1.165, 1.54) is 0 Å². The van der Waals surface area contributed by atoms with Gasteiger partial charge in [-0.2, -0.15) is 13.2 Å². The van der Waals surface area contributed by atoms with Gasteiger partial charge in [0, 0.05) is 17.7 Å². The fraction of sp³-hybridized carbons (Fsp3) is 0.250. The summed E-state index contributed by atoms with van der Waals surface area (Å²) in [5.41, 5.74) is -0.421. The van der Waals surface area contributed by atoms with Crippen molar-refractivity contribution in [1.29, 1.82) is 0 Å². The fourth-order valence-corrected chi connectivity index (χ4v) is 5.83. The number of thiophene rings is 1. The molecule has 0 radical (unpaired) electrons. The fourth-order valence-electron chi connectivity index (χ4n) is 2.98. The maximum atomic E-state index is 14.5. The van der Waals surface area contributed by atoms with Gasteiger partial charge in [-0.15, -0.1) is 11.3 Å². The van der Waals surface area contributed by atoms with E-state index in [9.17, 15) is 30.8 Å². The predicted octanol–water partition coefficient (Wildman–Crippen LogP) is 5.67. The number of hydrogen-bond acceptors (Lipinski definition) is 4. The molecule has 0 aliphatic heterocycles. The van der Waals surface area contributed by atoms with Gasteiger partial charge in [-0.1, -0.05) is 18.2 Å². The lowest BCUT2D eigenvalue weighted by Crippen LogP contribution is -2.32. The summed E-state index contributed by atoms with van der Waals surface area (Å²) in [6, 6.07) is 11.0. The highest BCUT2D eigenvalue weighted by Gasteiger charge is 2.31. The Morgan fingerprint density at radius 3 is 2.39 bits per heavy atom. The van der Waals surface area contributed by atoms with E-state index in [2.05, 4.69) is 0 Å². The zero-order chi connectivity index (χ0) is 22.8. The maximum absolute atomic E-state index is 14.5. The molecule has 0 bridgehead atoms. The van der Waals surface area contributed by atoms with Crippen molar-refractivity contribution < 1.29 is 35.9 Å². The molecule has 0 fully saturated rings. The Balaban J connectivity index is 1.99. The number of carbonyl (C=O) groups is 1. The van der Waals surface area contributed by atoms with Crippen molar-refractivity contribution >= 4 is 42.4 Å². The average molecular weight is 475 g/mol. The van der Waals surface area contributed by atoms with Crippen molar-refractivity contribution in [2.24, 2.45) is 0 Å². The van der Waals surface area contributed by atoms with Crippen LogP contribution in [0.1, 0.15) is 29.6 Å². The number of fused-ring (bicyclic) bond motifs is 1. The number of benzene rings is 2. The van der Waals surface area contributed by atoms with Gasteiger partial charge in [0.2, 0.25) is 0 Å². The third kappa shape index (κ3) is 5.34. The Bertz CT molecular complexity index is 1170. The van der Waals surface area contributed by atoms with Gasteiger partial charge in [0.1, 0.15) is 15.7 Å². The lowest BCUT2D eigenvalue weighted by Gasteiger charge is -2.23. The summed E-state index contributed by atoms with van der Waals surface area (Å²) in [4.78, 5) is 10.3. The quantitative estimate of drug-likeness (QED) is 0.337. The van der Waals surface area contributed by atoms with Crippen LogP contribution < -0.4 is 4.31 Å². The van der Waals surface area contributed by atoms with Gasteiger partial charge in [-0.25, -0.2) is 17.6 Å². The summed E-state index contributed by atoms with van der Waals surface area (Å²) >= 11 is 1.11. The molecule has 31 heavy (non-hydrogen) atoms. The molecule has 0 saturated carbocycles. The van der Waals surface area contributed by atoms with Gasteiger partial charge < -0.3 is 5.11 Å². The van der Waals surface area contributed by atoms with Gasteiger partial charge in [0.25, 0.3) is 10.0 Å². The van der Waals surface area contributed by atoms with Crippen molar-refractivity contribution in [3.63, 3.8) is 0 Å². The van der Waals surface area contributed by atoms with Crippen molar-refractivity contribution in [2.45, 2.75) is 30.3 Å². The van der Waals surface area contributed by atoms with Crippen LogP contribution in [0, 0.1) is 5.82 Å². The van der Waals surface area contributed by atoms with Crippen LogP contribution in [0.3, 0.4) is 0 Å². The molecule has 3 rings (SSSR count). The number of unbranched alkanes of at least 4 members (excludes halogenated alkanes) is 1. The van der Waals surface area contributed by atoms with E-state index in [-0.39, 0.29) is 24.4 Å². The van der Waals surface area contributed by atoms with Crippen molar-refractivity contribution in [2.75, 3.05) is 10.8 Å². The molecule has 1 heterocycles. The van der Waals surface area contributed by atoms with E-state index in [4.69, 9.17) is 5.11 Å². The van der Waals surface area contributed by atoms with Gasteiger partial charge >= 0.3 is 12.1 Å². The van der Waals surface area contributed by atoms with Crippen LogP contribution in [-0.2, 0) is 10.0 Å². The van der Waals surface area contributed by atoms with Gasteiger partial charge in [-0.05, 0) is 48.6 Å². The van der Waals surface area contributed by atoms with E-state index in [1.807, 2.05) is 0 Å². The topological polar surface area (TPSA) is 74.7 Å². The number of sulfonamides is 1. The number of aromatic carboxylic acids is 1. The number of hydrogen-bond donors (Lipinski definition) is 1.